The standard InChI is InChI=1S/C16H23N3O/c1-3-9-18-10-12-19(13-11-18)16(20)17-14(2)15-7-5-4-6-8-15/h3-8,14H,1,9-13H2,2H3,(H,17,20). The summed E-state index contributed by atoms with van der Waals surface area (Å²) in [6.45, 7) is 10.1. The smallest absolute Gasteiger partial charge is 0.317 e. The molecular formula is C16H23N3O. The van der Waals surface area contributed by atoms with Crippen molar-refractivity contribution in [1.29, 1.82) is 0 Å². The molecular weight excluding hydrogens is 250 g/mol. The Morgan fingerprint density at radius 1 is 1.30 bits per heavy atom. The summed E-state index contributed by atoms with van der Waals surface area (Å²) < 4.78 is 0. The van der Waals surface area contributed by atoms with Gasteiger partial charge in [-0.1, -0.05) is 36.4 Å². The first-order chi connectivity index (χ1) is 9.70. The Morgan fingerprint density at radius 2 is 1.95 bits per heavy atom. The van der Waals surface area contributed by atoms with Crippen LogP contribution < -0.4 is 5.32 Å². The van der Waals surface area contributed by atoms with Gasteiger partial charge in [0, 0.05) is 32.7 Å². The number of nitrogens with zero attached hydrogens (tertiary/aromatic N) is 2. The summed E-state index contributed by atoms with van der Waals surface area (Å²) in [4.78, 5) is 16.4. The van der Waals surface area contributed by atoms with E-state index < -0.39 is 0 Å². The third kappa shape index (κ3) is 3.84. The van der Waals surface area contributed by atoms with Crippen LogP contribution in [0.5, 0.6) is 0 Å². The Morgan fingerprint density at radius 3 is 2.55 bits per heavy atom. The van der Waals surface area contributed by atoms with Crippen LogP contribution in [0.4, 0.5) is 4.79 Å². The molecule has 1 fully saturated rings. The summed E-state index contributed by atoms with van der Waals surface area (Å²) in [6, 6.07) is 10.1. The average Bonchev–Trinajstić information content (AvgIpc) is 2.49. The number of amides is 2. The Balaban J connectivity index is 1.82. The lowest BCUT2D eigenvalue weighted by atomic mass is 10.1. The van der Waals surface area contributed by atoms with Crippen LogP contribution in [-0.4, -0.2) is 48.6 Å². The van der Waals surface area contributed by atoms with Gasteiger partial charge in [0.1, 0.15) is 0 Å². The van der Waals surface area contributed by atoms with E-state index in [0.29, 0.717) is 0 Å². The molecule has 0 radical (unpaired) electrons. The van der Waals surface area contributed by atoms with Crippen molar-refractivity contribution in [2.24, 2.45) is 0 Å². The minimum Gasteiger partial charge on any atom is -0.331 e. The second kappa shape index (κ2) is 7.10. The summed E-state index contributed by atoms with van der Waals surface area (Å²) in [5, 5.41) is 3.06. The number of urea groups is 1. The molecule has 1 heterocycles. The lowest BCUT2D eigenvalue weighted by molar-refractivity contribution is 0.145. The quantitative estimate of drug-likeness (QED) is 0.854. The minimum absolute atomic E-state index is 0.0274. The predicted octanol–water partition coefficient (Wildman–Crippen LogP) is 2.26. The van der Waals surface area contributed by atoms with Gasteiger partial charge in [-0.05, 0) is 12.5 Å². The highest BCUT2D eigenvalue weighted by Crippen LogP contribution is 2.12. The van der Waals surface area contributed by atoms with Crippen LogP contribution in [0.2, 0.25) is 0 Å². The highest BCUT2D eigenvalue weighted by molar-refractivity contribution is 5.74. The summed E-state index contributed by atoms with van der Waals surface area (Å²) in [6.07, 6.45) is 1.91. The van der Waals surface area contributed by atoms with Crippen molar-refractivity contribution in [3.05, 3.63) is 48.6 Å². The van der Waals surface area contributed by atoms with Gasteiger partial charge in [0.2, 0.25) is 0 Å². The third-order valence-corrected chi connectivity index (χ3v) is 3.69. The van der Waals surface area contributed by atoms with Crippen molar-refractivity contribution in [3.63, 3.8) is 0 Å². The first-order valence-electron chi connectivity index (χ1n) is 7.14. The summed E-state index contributed by atoms with van der Waals surface area (Å²) in [5.74, 6) is 0. The first kappa shape index (κ1) is 14.6. The molecule has 1 N–H and O–H groups in total. The average molecular weight is 273 g/mol. The van der Waals surface area contributed by atoms with Crippen LogP contribution in [0.3, 0.4) is 0 Å². The lowest BCUT2D eigenvalue weighted by Crippen LogP contribution is -2.52. The Labute approximate surface area is 121 Å². The number of carbonyl (C=O) groups is 1. The fourth-order valence-electron chi connectivity index (χ4n) is 2.42. The van der Waals surface area contributed by atoms with Crippen molar-refractivity contribution in [2.75, 3.05) is 32.7 Å². The molecule has 1 saturated heterocycles. The van der Waals surface area contributed by atoms with Gasteiger partial charge in [0.15, 0.2) is 0 Å². The number of benzene rings is 1. The molecule has 0 bridgehead atoms. The monoisotopic (exact) mass is 273 g/mol. The van der Waals surface area contributed by atoms with Gasteiger partial charge in [0.05, 0.1) is 6.04 Å². The van der Waals surface area contributed by atoms with Crippen LogP contribution in [-0.2, 0) is 0 Å². The number of rotatable bonds is 4. The first-order valence-corrected chi connectivity index (χ1v) is 7.14. The van der Waals surface area contributed by atoms with Crippen molar-refractivity contribution < 1.29 is 4.79 Å². The van der Waals surface area contributed by atoms with Crippen LogP contribution >= 0.6 is 0 Å². The van der Waals surface area contributed by atoms with Gasteiger partial charge < -0.3 is 10.2 Å². The van der Waals surface area contributed by atoms with E-state index in [1.165, 1.54) is 0 Å². The number of hydrogen-bond donors (Lipinski definition) is 1. The van der Waals surface area contributed by atoms with Crippen LogP contribution in [0.25, 0.3) is 0 Å². The largest absolute Gasteiger partial charge is 0.331 e. The molecule has 0 spiro atoms. The predicted molar refractivity (Wildman–Crippen MR) is 81.6 cm³/mol. The Hall–Kier alpha value is -1.81. The molecule has 1 aromatic carbocycles. The maximum atomic E-state index is 12.2. The fraction of sp³-hybridized carbons (Fsp3) is 0.438. The van der Waals surface area contributed by atoms with Gasteiger partial charge >= 0.3 is 6.03 Å². The van der Waals surface area contributed by atoms with E-state index in [1.807, 2.05) is 48.2 Å². The lowest BCUT2D eigenvalue weighted by Gasteiger charge is -2.34. The van der Waals surface area contributed by atoms with Crippen molar-refractivity contribution in [2.45, 2.75) is 13.0 Å². The fourth-order valence-corrected chi connectivity index (χ4v) is 2.42. The van der Waals surface area contributed by atoms with E-state index >= 15 is 0 Å². The van der Waals surface area contributed by atoms with E-state index in [0.717, 1.165) is 38.3 Å². The van der Waals surface area contributed by atoms with E-state index in [2.05, 4.69) is 16.8 Å². The summed E-state index contributed by atoms with van der Waals surface area (Å²) in [5.41, 5.74) is 1.13. The molecule has 1 aliphatic heterocycles. The Bertz CT molecular complexity index is 438. The highest BCUT2D eigenvalue weighted by Gasteiger charge is 2.21. The zero-order valence-electron chi connectivity index (χ0n) is 12.1. The molecule has 108 valence electrons. The molecule has 1 aliphatic rings. The third-order valence-electron chi connectivity index (χ3n) is 3.69. The van der Waals surface area contributed by atoms with Gasteiger partial charge in [0.25, 0.3) is 0 Å². The van der Waals surface area contributed by atoms with Crippen LogP contribution in [0.1, 0.15) is 18.5 Å². The molecule has 1 aromatic rings. The van der Waals surface area contributed by atoms with Gasteiger partial charge in [-0.2, -0.15) is 0 Å². The molecule has 2 rings (SSSR count). The summed E-state index contributed by atoms with van der Waals surface area (Å²) >= 11 is 0. The van der Waals surface area contributed by atoms with Crippen molar-refractivity contribution in [3.8, 4) is 0 Å². The van der Waals surface area contributed by atoms with Crippen LogP contribution in [0, 0.1) is 0 Å². The molecule has 0 aliphatic carbocycles. The molecule has 1 atom stereocenters. The molecule has 4 nitrogen and oxygen atoms in total. The molecule has 20 heavy (non-hydrogen) atoms. The molecule has 2 amide bonds. The SMILES string of the molecule is C=CCN1CCN(C(=O)NC(C)c2ccccc2)CC1. The normalized spacial score (nSPS) is 17.6. The number of hydrogen-bond acceptors (Lipinski definition) is 2. The van der Waals surface area contributed by atoms with Crippen molar-refractivity contribution in [1.82, 2.24) is 15.1 Å². The maximum Gasteiger partial charge on any atom is 0.317 e. The zero-order chi connectivity index (χ0) is 14.4. The number of piperazine rings is 1. The second-order valence-corrected chi connectivity index (χ2v) is 5.16. The van der Waals surface area contributed by atoms with E-state index in [-0.39, 0.29) is 12.1 Å². The van der Waals surface area contributed by atoms with Crippen LogP contribution in [0.15, 0.2) is 43.0 Å². The minimum atomic E-state index is 0.0274. The van der Waals surface area contributed by atoms with Gasteiger partial charge in [-0.3, -0.25) is 4.90 Å². The topological polar surface area (TPSA) is 35.6 Å². The molecule has 4 heteroatoms. The van der Waals surface area contributed by atoms with E-state index in [1.54, 1.807) is 0 Å². The highest BCUT2D eigenvalue weighted by atomic mass is 16.2. The number of nitrogens with one attached hydrogen (secondary N) is 1. The molecule has 0 aromatic heterocycles. The number of carbonyl (C=O) groups excluding carboxylic acids is 1. The summed E-state index contributed by atoms with van der Waals surface area (Å²) in [7, 11) is 0. The second-order valence-electron chi connectivity index (χ2n) is 5.16. The van der Waals surface area contributed by atoms with Gasteiger partial charge in [-0.25, -0.2) is 4.79 Å². The zero-order valence-corrected chi connectivity index (χ0v) is 12.1. The molecule has 1 unspecified atom stereocenters. The molecule has 0 saturated carbocycles. The van der Waals surface area contributed by atoms with Crippen molar-refractivity contribution >= 4 is 6.03 Å². The maximum absolute atomic E-state index is 12.2. The van der Waals surface area contributed by atoms with E-state index in [4.69, 9.17) is 0 Å². The Kier molecular flexibility index (Phi) is 5.18. The van der Waals surface area contributed by atoms with Gasteiger partial charge in [-0.15, -0.1) is 6.58 Å². The van der Waals surface area contributed by atoms with E-state index in [9.17, 15) is 4.79 Å².